The average Bonchev–Trinajstić information content (AvgIpc) is 2.73. The SMILES string of the molecule is CC1CCCCN1C(=O)CN1C(=O)C2CC=CCC2C1=O. The van der Waals surface area contributed by atoms with Crippen molar-refractivity contribution in [3.63, 3.8) is 0 Å². The zero-order valence-electron chi connectivity index (χ0n) is 12.5. The third-order valence-corrected chi connectivity index (χ3v) is 5.02. The van der Waals surface area contributed by atoms with Gasteiger partial charge >= 0.3 is 0 Å². The molecule has 0 aromatic rings. The molecule has 0 spiro atoms. The number of likely N-dealkylation sites (tertiary alicyclic amines) is 2. The van der Waals surface area contributed by atoms with Crippen LogP contribution in [0.15, 0.2) is 12.2 Å². The summed E-state index contributed by atoms with van der Waals surface area (Å²) in [5.74, 6) is -0.890. The molecule has 2 saturated heterocycles. The van der Waals surface area contributed by atoms with Crippen molar-refractivity contribution in [2.24, 2.45) is 11.8 Å². The molecule has 3 aliphatic rings. The minimum Gasteiger partial charge on any atom is -0.338 e. The Morgan fingerprint density at radius 1 is 1.14 bits per heavy atom. The molecule has 2 heterocycles. The molecule has 2 aliphatic heterocycles. The van der Waals surface area contributed by atoms with E-state index in [-0.39, 0.29) is 42.1 Å². The first-order valence-corrected chi connectivity index (χ1v) is 7.89. The van der Waals surface area contributed by atoms with Crippen molar-refractivity contribution in [1.29, 1.82) is 0 Å². The number of carbonyl (C=O) groups excluding carboxylic acids is 3. The van der Waals surface area contributed by atoms with E-state index in [1.54, 1.807) is 0 Å². The molecule has 0 radical (unpaired) electrons. The third kappa shape index (κ3) is 2.49. The summed E-state index contributed by atoms with van der Waals surface area (Å²) in [6.07, 6.45) is 8.33. The lowest BCUT2D eigenvalue weighted by atomic mass is 9.85. The van der Waals surface area contributed by atoms with Crippen LogP contribution >= 0.6 is 0 Å². The molecule has 2 fully saturated rings. The maximum atomic E-state index is 12.4. The molecule has 0 aromatic carbocycles. The van der Waals surface area contributed by atoms with Crippen LogP contribution in [0.2, 0.25) is 0 Å². The van der Waals surface area contributed by atoms with Crippen LogP contribution in [0.4, 0.5) is 0 Å². The fourth-order valence-electron chi connectivity index (χ4n) is 3.72. The van der Waals surface area contributed by atoms with E-state index < -0.39 is 0 Å². The highest BCUT2D eigenvalue weighted by atomic mass is 16.2. The van der Waals surface area contributed by atoms with E-state index in [0.29, 0.717) is 12.8 Å². The summed E-state index contributed by atoms with van der Waals surface area (Å²) in [5.41, 5.74) is 0. The van der Waals surface area contributed by atoms with Gasteiger partial charge in [-0.2, -0.15) is 0 Å². The molecular weight excluding hydrogens is 268 g/mol. The Hall–Kier alpha value is -1.65. The number of hydrogen-bond acceptors (Lipinski definition) is 3. The molecule has 0 bridgehead atoms. The highest BCUT2D eigenvalue weighted by Gasteiger charge is 2.48. The Bertz CT molecular complexity index is 474. The molecule has 3 unspecified atom stereocenters. The van der Waals surface area contributed by atoms with Gasteiger partial charge in [-0.3, -0.25) is 19.3 Å². The van der Waals surface area contributed by atoms with Gasteiger partial charge in [0.25, 0.3) is 0 Å². The maximum Gasteiger partial charge on any atom is 0.242 e. The summed E-state index contributed by atoms with van der Waals surface area (Å²) >= 11 is 0. The number of rotatable bonds is 2. The number of hydrogen-bond donors (Lipinski definition) is 0. The number of nitrogens with zero attached hydrogens (tertiary/aromatic N) is 2. The molecule has 3 rings (SSSR count). The first kappa shape index (κ1) is 14.3. The minimum atomic E-state index is -0.242. The molecule has 114 valence electrons. The molecule has 0 N–H and O–H groups in total. The normalized spacial score (nSPS) is 32.5. The fourth-order valence-corrected chi connectivity index (χ4v) is 3.72. The third-order valence-electron chi connectivity index (χ3n) is 5.02. The number of carbonyl (C=O) groups is 3. The van der Waals surface area contributed by atoms with E-state index in [9.17, 15) is 14.4 Å². The van der Waals surface area contributed by atoms with E-state index in [1.165, 1.54) is 4.90 Å². The number of fused-ring (bicyclic) bond motifs is 1. The number of amides is 3. The van der Waals surface area contributed by atoms with Crippen LogP contribution in [0.25, 0.3) is 0 Å². The molecule has 21 heavy (non-hydrogen) atoms. The Morgan fingerprint density at radius 2 is 1.76 bits per heavy atom. The van der Waals surface area contributed by atoms with Crippen molar-refractivity contribution in [1.82, 2.24) is 9.80 Å². The lowest BCUT2D eigenvalue weighted by Crippen LogP contribution is -2.48. The second kappa shape index (κ2) is 5.62. The quantitative estimate of drug-likeness (QED) is 0.569. The van der Waals surface area contributed by atoms with Gasteiger partial charge in [-0.15, -0.1) is 0 Å². The maximum absolute atomic E-state index is 12.4. The summed E-state index contributed by atoms with van der Waals surface area (Å²) in [6.45, 7) is 2.70. The smallest absolute Gasteiger partial charge is 0.242 e. The molecule has 3 atom stereocenters. The lowest BCUT2D eigenvalue weighted by Gasteiger charge is -2.34. The van der Waals surface area contributed by atoms with Crippen LogP contribution in [-0.2, 0) is 14.4 Å². The van der Waals surface area contributed by atoms with Gasteiger partial charge in [0.15, 0.2) is 0 Å². The van der Waals surface area contributed by atoms with Crippen molar-refractivity contribution >= 4 is 17.7 Å². The molecule has 0 saturated carbocycles. The van der Waals surface area contributed by atoms with E-state index in [4.69, 9.17) is 0 Å². The van der Waals surface area contributed by atoms with Gasteiger partial charge in [-0.1, -0.05) is 12.2 Å². The predicted molar refractivity (Wildman–Crippen MR) is 77.1 cm³/mol. The topological polar surface area (TPSA) is 57.7 Å². The summed E-state index contributed by atoms with van der Waals surface area (Å²) < 4.78 is 0. The second-order valence-corrected chi connectivity index (χ2v) is 6.35. The van der Waals surface area contributed by atoms with E-state index in [2.05, 4.69) is 0 Å². The van der Waals surface area contributed by atoms with Gasteiger partial charge < -0.3 is 4.90 Å². The average molecular weight is 290 g/mol. The van der Waals surface area contributed by atoms with Crippen molar-refractivity contribution < 1.29 is 14.4 Å². The Balaban J connectivity index is 1.68. The van der Waals surface area contributed by atoms with Gasteiger partial charge in [0.1, 0.15) is 6.54 Å². The first-order valence-electron chi connectivity index (χ1n) is 7.89. The summed E-state index contributed by atoms with van der Waals surface area (Å²) in [6, 6.07) is 0.211. The second-order valence-electron chi connectivity index (χ2n) is 6.35. The number of piperidine rings is 1. The first-order chi connectivity index (χ1) is 10.1. The zero-order chi connectivity index (χ0) is 15.0. The van der Waals surface area contributed by atoms with Crippen molar-refractivity contribution in [2.45, 2.75) is 45.1 Å². The fraction of sp³-hybridized carbons (Fsp3) is 0.688. The molecule has 1 aliphatic carbocycles. The van der Waals surface area contributed by atoms with Crippen molar-refractivity contribution in [2.75, 3.05) is 13.1 Å². The van der Waals surface area contributed by atoms with Crippen LogP contribution in [0.1, 0.15) is 39.0 Å². The Labute approximate surface area is 125 Å². The summed E-state index contributed by atoms with van der Waals surface area (Å²) in [5, 5.41) is 0. The van der Waals surface area contributed by atoms with Gasteiger partial charge in [-0.25, -0.2) is 0 Å². The van der Waals surface area contributed by atoms with Crippen LogP contribution in [0, 0.1) is 11.8 Å². The minimum absolute atomic E-state index is 0.0744. The molecule has 5 nitrogen and oxygen atoms in total. The standard InChI is InChI=1S/C16H22N2O3/c1-11-6-4-5-9-17(11)14(19)10-18-15(20)12-7-2-3-8-13(12)16(18)21/h2-3,11-13H,4-10H2,1H3. The van der Waals surface area contributed by atoms with Gasteiger partial charge in [-0.05, 0) is 39.0 Å². The van der Waals surface area contributed by atoms with Gasteiger partial charge in [0, 0.05) is 12.6 Å². The molecule has 0 aromatic heterocycles. The number of imide groups is 1. The highest BCUT2D eigenvalue weighted by Crippen LogP contribution is 2.35. The summed E-state index contributed by atoms with van der Waals surface area (Å²) in [7, 11) is 0. The van der Waals surface area contributed by atoms with Crippen LogP contribution in [0.5, 0.6) is 0 Å². The largest absolute Gasteiger partial charge is 0.338 e. The molecule has 3 amide bonds. The Kier molecular flexibility index (Phi) is 3.83. The van der Waals surface area contributed by atoms with Crippen LogP contribution in [0.3, 0.4) is 0 Å². The van der Waals surface area contributed by atoms with Crippen molar-refractivity contribution in [3.05, 3.63) is 12.2 Å². The monoisotopic (exact) mass is 290 g/mol. The molecular formula is C16H22N2O3. The predicted octanol–water partition coefficient (Wildman–Crippen LogP) is 1.34. The van der Waals surface area contributed by atoms with Crippen LogP contribution in [-0.4, -0.2) is 46.7 Å². The zero-order valence-corrected chi connectivity index (χ0v) is 12.5. The Morgan fingerprint density at radius 3 is 2.33 bits per heavy atom. The summed E-state index contributed by atoms with van der Waals surface area (Å²) in [4.78, 5) is 40.2. The van der Waals surface area contributed by atoms with Crippen molar-refractivity contribution in [3.8, 4) is 0 Å². The van der Waals surface area contributed by atoms with E-state index in [0.717, 1.165) is 25.8 Å². The van der Waals surface area contributed by atoms with Gasteiger partial charge in [0.05, 0.1) is 11.8 Å². The van der Waals surface area contributed by atoms with E-state index in [1.807, 2.05) is 24.0 Å². The van der Waals surface area contributed by atoms with E-state index >= 15 is 0 Å². The van der Waals surface area contributed by atoms with Gasteiger partial charge in [0.2, 0.25) is 17.7 Å². The lowest BCUT2D eigenvalue weighted by molar-refractivity contribution is -0.147. The highest BCUT2D eigenvalue weighted by molar-refractivity contribution is 6.07. The van der Waals surface area contributed by atoms with Crippen LogP contribution < -0.4 is 0 Å². The number of allylic oxidation sites excluding steroid dienone is 2. The molecule has 5 heteroatoms.